The average Bonchev–Trinajstić information content (AvgIpc) is 3.25. The molecule has 0 atom stereocenters. The second-order valence-electron chi connectivity index (χ2n) is 6.91. The number of anilines is 1. The maximum absolute atomic E-state index is 13.4. The van der Waals surface area contributed by atoms with Crippen LogP contribution in [0.15, 0.2) is 41.4 Å². The number of hydrogen-bond donors (Lipinski definition) is 0. The molecule has 1 aromatic heterocycles. The van der Waals surface area contributed by atoms with Crippen LogP contribution in [0.3, 0.4) is 0 Å². The topological polar surface area (TPSA) is 40.6 Å². The first kappa shape index (κ1) is 18.5. The van der Waals surface area contributed by atoms with Gasteiger partial charge in [0.1, 0.15) is 5.70 Å². The standard InChI is InChI=1S/C20H18Cl2N2O2S/c1-12-6-8-23(9-7-12)18-17(16-3-2-10-27-16)19(25)24(20(18)26)15-11-13(21)4-5-14(15)22/h2-5,10-12H,6-9H2,1H3. The van der Waals surface area contributed by atoms with Gasteiger partial charge in [-0.25, -0.2) is 4.90 Å². The maximum atomic E-state index is 13.4. The number of imide groups is 1. The highest BCUT2D eigenvalue weighted by molar-refractivity contribution is 7.11. The summed E-state index contributed by atoms with van der Waals surface area (Å²) in [5.41, 5.74) is 1.26. The first-order valence-corrected chi connectivity index (χ1v) is 10.5. The number of carbonyl (C=O) groups is 2. The van der Waals surface area contributed by atoms with Gasteiger partial charge in [0.25, 0.3) is 11.8 Å². The van der Waals surface area contributed by atoms with E-state index in [2.05, 4.69) is 6.92 Å². The van der Waals surface area contributed by atoms with Crippen molar-refractivity contribution in [3.8, 4) is 0 Å². The summed E-state index contributed by atoms with van der Waals surface area (Å²) in [6.07, 6.45) is 2.00. The molecule has 0 aliphatic carbocycles. The molecule has 1 aromatic carbocycles. The van der Waals surface area contributed by atoms with E-state index < -0.39 is 0 Å². The Morgan fingerprint density at radius 2 is 1.81 bits per heavy atom. The van der Waals surface area contributed by atoms with Crippen LogP contribution in [0.25, 0.3) is 5.57 Å². The van der Waals surface area contributed by atoms with Crippen molar-refractivity contribution in [2.45, 2.75) is 19.8 Å². The van der Waals surface area contributed by atoms with Crippen molar-refractivity contribution in [3.05, 3.63) is 56.3 Å². The third kappa shape index (κ3) is 3.28. The van der Waals surface area contributed by atoms with Crippen molar-refractivity contribution in [2.24, 2.45) is 5.92 Å². The summed E-state index contributed by atoms with van der Waals surface area (Å²) in [6, 6.07) is 8.56. The van der Waals surface area contributed by atoms with Gasteiger partial charge in [0.05, 0.1) is 16.3 Å². The first-order chi connectivity index (χ1) is 13.0. The quantitative estimate of drug-likeness (QED) is 0.650. The maximum Gasteiger partial charge on any atom is 0.282 e. The normalized spacial score (nSPS) is 18.8. The van der Waals surface area contributed by atoms with E-state index in [-0.39, 0.29) is 11.8 Å². The minimum atomic E-state index is -0.347. The Balaban J connectivity index is 1.81. The van der Waals surface area contributed by atoms with Gasteiger partial charge in [-0.1, -0.05) is 36.2 Å². The molecule has 0 bridgehead atoms. The van der Waals surface area contributed by atoms with Crippen molar-refractivity contribution < 1.29 is 9.59 Å². The van der Waals surface area contributed by atoms with E-state index in [0.717, 1.165) is 35.7 Å². The van der Waals surface area contributed by atoms with Crippen molar-refractivity contribution in [1.29, 1.82) is 0 Å². The van der Waals surface area contributed by atoms with Crippen LogP contribution < -0.4 is 4.90 Å². The van der Waals surface area contributed by atoms with Crippen LogP contribution in [-0.4, -0.2) is 29.8 Å². The molecular formula is C20H18Cl2N2O2S. The summed E-state index contributed by atoms with van der Waals surface area (Å²) in [5, 5.41) is 2.65. The van der Waals surface area contributed by atoms with E-state index in [9.17, 15) is 9.59 Å². The zero-order valence-electron chi connectivity index (χ0n) is 14.7. The first-order valence-electron chi connectivity index (χ1n) is 8.84. The lowest BCUT2D eigenvalue weighted by molar-refractivity contribution is -0.120. The highest BCUT2D eigenvalue weighted by Crippen LogP contribution is 2.40. The molecule has 4 nitrogen and oxygen atoms in total. The van der Waals surface area contributed by atoms with Crippen LogP contribution in [0.4, 0.5) is 5.69 Å². The SMILES string of the molecule is CC1CCN(C2=C(c3cccs3)C(=O)N(c3cc(Cl)ccc3Cl)C2=O)CC1. The smallest absolute Gasteiger partial charge is 0.282 e. The highest BCUT2D eigenvalue weighted by atomic mass is 35.5. The average molecular weight is 421 g/mol. The molecule has 0 saturated carbocycles. The highest BCUT2D eigenvalue weighted by Gasteiger charge is 2.44. The lowest BCUT2D eigenvalue weighted by Crippen LogP contribution is -2.38. The summed E-state index contributed by atoms with van der Waals surface area (Å²) in [5.74, 6) is -0.0555. The molecule has 2 amide bonds. The van der Waals surface area contributed by atoms with Gasteiger partial charge >= 0.3 is 0 Å². The van der Waals surface area contributed by atoms with Gasteiger partial charge < -0.3 is 4.90 Å². The summed E-state index contributed by atoms with van der Waals surface area (Å²) in [6.45, 7) is 3.74. The number of thiophene rings is 1. The Labute approximate surface area is 172 Å². The molecule has 0 radical (unpaired) electrons. The van der Waals surface area contributed by atoms with Crippen LogP contribution in [0.1, 0.15) is 24.6 Å². The number of hydrogen-bond acceptors (Lipinski definition) is 4. The van der Waals surface area contributed by atoms with E-state index in [4.69, 9.17) is 23.2 Å². The molecule has 3 heterocycles. The van der Waals surface area contributed by atoms with Crippen LogP contribution in [-0.2, 0) is 9.59 Å². The molecule has 27 heavy (non-hydrogen) atoms. The minimum Gasteiger partial charge on any atom is -0.366 e. The van der Waals surface area contributed by atoms with Crippen molar-refractivity contribution in [1.82, 2.24) is 4.90 Å². The molecule has 2 aromatic rings. The van der Waals surface area contributed by atoms with Crippen LogP contribution >= 0.6 is 34.5 Å². The molecule has 0 N–H and O–H groups in total. The molecule has 0 spiro atoms. The number of benzene rings is 1. The van der Waals surface area contributed by atoms with Crippen LogP contribution in [0.2, 0.25) is 10.0 Å². The predicted octanol–water partition coefficient (Wildman–Crippen LogP) is 5.07. The fraction of sp³-hybridized carbons (Fsp3) is 0.300. The van der Waals surface area contributed by atoms with E-state index in [0.29, 0.717) is 32.9 Å². The van der Waals surface area contributed by atoms with E-state index >= 15 is 0 Å². The predicted molar refractivity (Wildman–Crippen MR) is 110 cm³/mol. The Morgan fingerprint density at radius 1 is 1.07 bits per heavy atom. The largest absolute Gasteiger partial charge is 0.366 e. The monoisotopic (exact) mass is 420 g/mol. The Hall–Kier alpha value is -1.82. The lowest BCUT2D eigenvalue weighted by Gasteiger charge is -2.32. The molecule has 1 fully saturated rings. The fourth-order valence-electron chi connectivity index (χ4n) is 3.56. The summed E-state index contributed by atoms with van der Waals surface area (Å²) in [7, 11) is 0. The number of amides is 2. The van der Waals surface area contributed by atoms with Crippen molar-refractivity contribution in [2.75, 3.05) is 18.0 Å². The number of carbonyl (C=O) groups excluding carboxylic acids is 2. The van der Waals surface area contributed by atoms with Gasteiger partial charge in [0, 0.05) is 23.0 Å². The molecule has 7 heteroatoms. The zero-order valence-corrected chi connectivity index (χ0v) is 17.1. The fourth-order valence-corrected chi connectivity index (χ4v) is 4.69. The lowest BCUT2D eigenvalue weighted by atomic mass is 9.98. The van der Waals surface area contributed by atoms with Gasteiger partial charge in [-0.3, -0.25) is 9.59 Å². The molecule has 2 aliphatic rings. The summed E-state index contributed by atoms with van der Waals surface area (Å²) < 4.78 is 0. The molecule has 1 saturated heterocycles. The molecule has 4 rings (SSSR count). The van der Waals surface area contributed by atoms with Crippen LogP contribution in [0.5, 0.6) is 0 Å². The Kier molecular flexibility index (Phi) is 5.01. The van der Waals surface area contributed by atoms with E-state index in [1.165, 1.54) is 11.3 Å². The molecular weight excluding hydrogens is 403 g/mol. The second kappa shape index (κ2) is 7.30. The third-order valence-electron chi connectivity index (χ3n) is 5.08. The van der Waals surface area contributed by atoms with Crippen LogP contribution in [0, 0.1) is 5.92 Å². The number of halogens is 2. The minimum absolute atomic E-state index is 0.320. The Morgan fingerprint density at radius 3 is 2.48 bits per heavy atom. The van der Waals surface area contributed by atoms with Gasteiger partial charge in [0.2, 0.25) is 0 Å². The number of nitrogens with zero attached hydrogens (tertiary/aromatic N) is 2. The zero-order chi connectivity index (χ0) is 19.1. The van der Waals surface area contributed by atoms with E-state index in [1.54, 1.807) is 18.2 Å². The number of piperidine rings is 1. The van der Waals surface area contributed by atoms with Gasteiger partial charge in [0.15, 0.2) is 0 Å². The van der Waals surface area contributed by atoms with E-state index in [1.807, 2.05) is 22.4 Å². The number of likely N-dealkylation sites (tertiary alicyclic amines) is 1. The number of rotatable bonds is 3. The van der Waals surface area contributed by atoms with Gasteiger partial charge in [-0.05, 0) is 48.4 Å². The molecule has 0 unspecified atom stereocenters. The van der Waals surface area contributed by atoms with Gasteiger partial charge in [-0.15, -0.1) is 11.3 Å². The second-order valence-corrected chi connectivity index (χ2v) is 8.70. The third-order valence-corrected chi connectivity index (χ3v) is 6.52. The van der Waals surface area contributed by atoms with Crippen molar-refractivity contribution >= 4 is 57.6 Å². The molecule has 140 valence electrons. The molecule has 2 aliphatic heterocycles. The van der Waals surface area contributed by atoms with Crippen molar-refractivity contribution in [3.63, 3.8) is 0 Å². The Bertz CT molecular complexity index is 931. The van der Waals surface area contributed by atoms with Gasteiger partial charge in [-0.2, -0.15) is 0 Å². The summed E-state index contributed by atoms with van der Waals surface area (Å²) >= 11 is 13.9. The summed E-state index contributed by atoms with van der Waals surface area (Å²) in [4.78, 5) is 30.7.